The van der Waals surface area contributed by atoms with Gasteiger partial charge in [0.1, 0.15) is 10.8 Å². The van der Waals surface area contributed by atoms with E-state index in [1.807, 2.05) is 29.6 Å². The number of hydrogen-bond donors (Lipinski definition) is 1. The first-order chi connectivity index (χ1) is 12.7. The normalized spacial score (nSPS) is 15.0. The highest BCUT2D eigenvalue weighted by Gasteiger charge is 2.13. The Morgan fingerprint density at radius 2 is 2.23 bits per heavy atom. The van der Waals surface area contributed by atoms with E-state index >= 15 is 0 Å². The van der Waals surface area contributed by atoms with Gasteiger partial charge in [0.15, 0.2) is 0 Å². The summed E-state index contributed by atoms with van der Waals surface area (Å²) in [6.45, 7) is 4.91. The van der Waals surface area contributed by atoms with Crippen LogP contribution in [0.2, 0.25) is 0 Å². The van der Waals surface area contributed by atoms with Crippen LogP contribution in [0.3, 0.4) is 0 Å². The predicted molar refractivity (Wildman–Crippen MR) is 102 cm³/mol. The zero-order chi connectivity index (χ0) is 18.2. The third-order valence-electron chi connectivity index (χ3n) is 4.27. The van der Waals surface area contributed by atoms with Gasteiger partial charge in [-0.3, -0.25) is 9.69 Å². The molecule has 26 heavy (non-hydrogen) atoms. The van der Waals surface area contributed by atoms with Crippen molar-refractivity contribution in [1.82, 2.24) is 15.2 Å². The molecule has 0 unspecified atom stereocenters. The predicted octanol–water partition coefficient (Wildman–Crippen LogP) is 1.89. The number of rotatable bonds is 8. The Labute approximate surface area is 158 Å². The van der Waals surface area contributed by atoms with Crippen LogP contribution >= 0.6 is 11.3 Å². The first kappa shape index (κ1) is 18.8. The highest BCUT2D eigenvalue weighted by Crippen LogP contribution is 2.14. The van der Waals surface area contributed by atoms with Gasteiger partial charge >= 0.3 is 0 Å². The Kier molecular flexibility index (Phi) is 6.99. The number of nitrogens with zero attached hydrogens (tertiary/aromatic N) is 2. The largest absolute Gasteiger partial charge is 0.497 e. The molecule has 7 heteroatoms. The number of carbonyl (C=O) groups excluding carboxylic acids is 1. The summed E-state index contributed by atoms with van der Waals surface area (Å²) in [4.78, 5) is 19.1. The molecular formula is C19H25N3O3S. The number of ether oxygens (including phenoxy) is 2. The van der Waals surface area contributed by atoms with Crippen LogP contribution in [0.15, 0.2) is 29.6 Å². The lowest BCUT2D eigenvalue weighted by Crippen LogP contribution is -2.35. The Morgan fingerprint density at radius 1 is 1.38 bits per heavy atom. The summed E-state index contributed by atoms with van der Waals surface area (Å²) < 4.78 is 10.6. The maximum Gasteiger partial charge on any atom is 0.226 e. The molecule has 3 rings (SSSR count). The molecule has 1 fully saturated rings. The number of aromatic nitrogens is 1. The first-order valence-electron chi connectivity index (χ1n) is 8.86. The Hall–Kier alpha value is -1.96. The summed E-state index contributed by atoms with van der Waals surface area (Å²) in [6, 6.07) is 7.90. The van der Waals surface area contributed by atoms with Gasteiger partial charge in [-0.15, -0.1) is 11.3 Å². The minimum absolute atomic E-state index is 0.0103. The molecule has 1 N–H and O–H groups in total. The van der Waals surface area contributed by atoms with E-state index in [0.29, 0.717) is 13.0 Å². The van der Waals surface area contributed by atoms with Crippen LogP contribution in [0.4, 0.5) is 0 Å². The highest BCUT2D eigenvalue weighted by atomic mass is 32.1. The number of benzene rings is 1. The second kappa shape index (κ2) is 9.66. The fraction of sp³-hybridized carbons (Fsp3) is 0.474. The van der Waals surface area contributed by atoms with Crippen molar-refractivity contribution >= 4 is 17.2 Å². The van der Waals surface area contributed by atoms with Crippen LogP contribution < -0.4 is 10.1 Å². The van der Waals surface area contributed by atoms with Gasteiger partial charge in [0.05, 0.1) is 39.0 Å². The number of nitrogens with one attached hydrogen (secondary N) is 1. The number of thiazole rings is 1. The average Bonchev–Trinajstić information content (AvgIpc) is 3.09. The lowest BCUT2D eigenvalue weighted by molar-refractivity contribution is -0.120. The molecule has 140 valence electrons. The molecule has 1 amide bonds. The highest BCUT2D eigenvalue weighted by molar-refractivity contribution is 7.09. The fourth-order valence-corrected chi connectivity index (χ4v) is 3.69. The van der Waals surface area contributed by atoms with Gasteiger partial charge in [-0.25, -0.2) is 4.98 Å². The minimum Gasteiger partial charge on any atom is -0.497 e. The summed E-state index contributed by atoms with van der Waals surface area (Å²) in [6.07, 6.45) is 1.11. The van der Waals surface area contributed by atoms with E-state index in [2.05, 4.69) is 15.2 Å². The number of methoxy groups -OCH3 is 1. The molecule has 1 aliphatic heterocycles. The molecule has 0 spiro atoms. The summed E-state index contributed by atoms with van der Waals surface area (Å²) >= 11 is 1.62. The quantitative estimate of drug-likeness (QED) is 0.763. The van der Waals surface area contributed by atoms with Crippen LogP contribution in [0.1, 0.15) is 16.3 Å². The molecule has 0 saturated carbocycles. The lowest BCUT2D eigenvalue weighted by Gasteiger charge is -2.25. The Balaban J connectivity index is 1.40. The molecular weight excluding hydrogens is 350 g/mol. The molecule has 2 heterocycles. The van der Waals surface area contributed by atoms with Gasteiger partial charge in [0, 0.05) is 25.0 Å². The summed E-state index contributed by atoms with van der Waals surface area (Å²) in [7, 11) is 1.65. The van der Waals surface area contributed by atoms with E-state index in [1.165, 1.54) is 0 Å². The van der Waals surface area contributed by atoms with Gasteiger partial charge in [-0.2, -0.15) is 0 Å². The maximum atomic E-state index is 12.1. The van der Waals surface area contributed by atoms with Crippen LogP contribution in [0.5, 0.6) is 5.75 Å². The summed E-state index contributed by atoms with van der Waals surface area (Å²) in [5.41, 5.74) is 1.99. The third-order valence-corrected chi connectivity index (χ3v) is 5.16. The second-order valence-electron chi connectivity index (χ2n) is 6.25. The van der Waals surface area contributed by atoms with Crippen LogP contribution in [-0.2, 0) is 28.9 Å². The van der Waals surface area contributed by atoms with E-state index in [-0.39, 0.29) is 5.91 Å². The molecule has 0 radical (unpaired) electrons. The van der Waals surface area contributed by atoms with Crippen LogP contribution in [0, 0.1) is 0 Å². The average molecular weight is 375 g/mol. The zero-order valence-corrected chi connectivity index (χ0v) is 15.9. The topological polar surface area (TPSA) is 63.7 Å². The van der Waals surface area contributed by atoms with Crippen molar-refractivity contribution in [3.63, 3.8) is 0 Å². The molecule has 0 bridgehead atoms. The summed E-state index contributed by atoms with van der Waals surface area (Å²) in [5, 5.41) is 6.01. The lowest BCUT2D eigenvalue weighted by atomic mass is 10.1. The van der Waals surface area contributed by atoms with Crippen molar-refractivity contribution in [2.24, 2.45) is 0 Å². The summed E-state index contributed by atoms with van der Waals surface area (Å²) in [5.74, 6) is 0.847. The van der Waals surface area contributed by atoms with Gasteiger partial charge in [0.2, 0.25) is 5.91 Å². The van der Waals surface area contributed by atoms with Gasteiger partial charge in [-0.05, 0) is 24.1 Å². The smallest absolute Gasteiger partial charge is 0.226 e. The first-order valence-corrected chi connectivity index (χ1v) is 9.74. The standard InChI is InChI=1S/C19H25N3O3S/c1-24-17-4-2-3-15(11-17)5-6-20-18(23)12-16-14-26-19(21-16)13-22-7-9-25-10-8-22/h2-4,11,14H,5-10,12-13H2,1H3,(H,20,23). The molecule has 0 aliphatic carbocycles. The van der Waals surface area contributed by atoms with Gasteiger partial charge < -0.3 is 14.8 Å². The van der Waals surface area contributed by atoms with E-state index in [4.69, 9.17) is 9.47 Å². The van der Waals surface area contributed by atoms with Crippen LogP contribution in [0.25, 0.3) is 0 Å². The van der Waals surface area contributed by atoms with Crippen molar-refractivity contribution in [3.05, 3.63) is 45.9 Å². The second-order valence-corrected chi connectivity index (χ2v) is 7.19. The van der Waals surface area contributed by atoms with E-state index in [1.54, 1.807) is 18.4 Å². The van der Waals surface area contributed by atoms with E-state index in [9.17, 15) is 4.79 Å². The Morgan fingerprint density at radius 3 is 3.04 bits per heavy atom. The van der Waals surface area contributed by atoms with Crippen LogP contribution in [-0.4, -0.2) is 55.7 Å². The fourth-order valence-electron chi connectivity index (χ4n) is 2.85. The Bertz CT molecular complexity index is 714. The number of morpholine rings is 1. The minimum atomic E-state index is 0.0103. The van der Waals surface area contributed by atoms with E-state index < -0.39 is 0 Å². The molecule has 1 aliphatic rings. The van der Waals surface area contributed by atoms with Crippen molar-refractivity contribution in [3.8, 4) is 5.75 Å². The number of carbonyl (C=O) groups is 1. The zero-order valence-electron chi connectivity index (χ0n) is 15.1. The molecule has 2 aromatic rings. The number of hydrogen-bond acceptors (Lipinski definition) is 6. The SMILES string of the molecule is COc1cccc(CCNC(=O)Cc2csc(CN3CCOCC3)n2)c1. The molecule has 0 atom stereocenters. The van der Waals surface area contributed by atoms with Crippen molar-refractivity contribution in [1.29, 1.82) is 0 Å². The third kappa shape index (κ3) is 5.79. The molecule has 1 aromatic heterocycles. The molecule has 6 nitrogen and oxygen atoms in total. The number of amides is 1. The van der Waals surface area contributed by atoms with Crippen molar-refractivity contribution in [2.75, 3.05) is 40.0 Å². The molecule has 1 saturated heterocycles. The monoisotopic (exact) mass is 375 g/mol. The van der Waals surface area contributed by atoms with E-state index in [0.717, 1.165) is 61.3 Å². The van der Waals surface area contributed by atoms with Crippen molar-refractivity contribution in [2.45, 2.75) is 19.4 Å². The maximum absolute atomic E-state index is 12.1. The van der Waals surface area contributed by atoms with Crippen molar-refractivity contribution < 1.29 is 14.3 Å². The molecule has 1 aromatic carbocycles. The van der Waals surface area contributed by atoms with Gasteiger partial charge in [-0.1, -0.05) is 12.1 Å². The van der Waals surface area contributed by atoms with Gasteiger partial charge in [0.25, 0.3) is 0 Å².